The van der Waals surface area contributed by atoms with Crippen molar-refractivity contribution < 1.29 is 9.52 Å². The van der Waals surface area contributed by atoms with Crippen molar-refractivity contribution in [2.45, 2.75) is 26.1 Å². The number of aliphatic hydroxyl groups is 1. The maximum absolute atomic E-state index is 8.92. The van der Waals surface area contributed by atoms with Gasteiger partial charge in [-0.25, -0.2) is 0 Å². The maximum atomic E-state index is 8.92. The number of hydrogen-bond acceptors (Lipinski definition) is 3. The minimum atomic E-state index is -0.0810. The Kier molecular flexibility index (Phi) is 4.88. The molecule has 5 heteroatoms. The predicted octanol–water partition coefficient (Wildman–Crippen LogP) is 3.93. The van der Waals surface area contributed by atoms with Crippen LogP contribution in [-0.4, -0.2) is 5.11 Å². The second-order valence-corrected chi connectivity index (χ2v) is 5.12. The van der Waals surface area contributed by atoms with Crippen molar-refractivity contribution in [3.63, 3.8) is 0 Å². The molecule has 1 aromatic carbocycles. The van der Waals surface area contributed by atoms with Crippen LogP contribution in [0.25, 0.3) is 0 Å². The summed E-state index contributed by atoms with van der Waals surface area (Å²) in [5.41, 5.74) is 1.06. The molecule has 0 saturated heterocycles. The molecule has 1 heterocycles. The molecule has 0 unspecified atom stereocenters. The van der Waals surface area contributed by atoms with E-state index in [-0.39, 0.29) is 12.6 Å². The Morgan fingerprint density at radius 1 is 1.16 bits per heavy atom. The summed E-state index contributed by atoms with van der Waals surface area (Å²) < 4.78 is 5.40. The quantitative estimate of drug-likeness (QED) is 0.879. The normalized spacial score (nSPS) is 12.6. The van der Waals surface area contributed by atoms with Crippen molar-refractivity contribution in [3.05, 3.63) is 57.5 Å². The first kappa shape index (κ1) is 14.4. The van der Waals surface area contributed by atoms with Crippen LogP contribution in [0.3, 0.4) is 0 Å². The van der Waals surface area contributed by atoms with Gasteiger partial charge in [0.2, 0.25) is 0 Å². The largest absolute Gasteiger partial charge is 0.462 e. The third kappa shape index (κ3) is 3.74. The predicted molar refractivity (Wildman–Crippen MR) is 76.3 cm³/mol. The number of nitrogens with one attached hydrogen (secondary N) is 1. The maximum Gasteiger partial charge on any atom is 0.129 e. The van der Waals surface area contributed by atoms with E-state index in [0.717, 1.165) is 11.3 Å². The lowest BCUT2D eigenvalue weighted by Crippen LogP contribution is -2.17. The van der Waals surface area contributed by atoms with Gasteiger partial charge in [0.05, 0.1) is 16.6 Å². The summed E-state index contributed by atoms with van der Waals surface area (Å²) >= 11 is 11.9. The molecule has 0 fully saturated rings. The van der Waals surface area contributed by atoms with E-state index in [2.05, 4.69) is 5.32 Å². The first-order valence-electron chi connectivity index (χ1n) is 5.97. The molecule has 1 atom stereocenters. The molecule has 0 aliphatic rings. The fraction of sp³-hybridized carbons (Fsp3) is 0.286. The van der Waals surface area contributed by atoms with Gasteiger partial charge in [0.15, 0.2) is 0 Å². The molecule has 0 aliphatic heterocycles. The van der Waals surface area contributed by atoms with Gasteiger partial charge in [0.1, 0.15) is 18.1 Å². The Hall–Kier alpha value is -1.000. The van der Waals surface area contributed by atoms with Crippen molar-refractivity contribution in [3.8, 4) is 0 Å². The SMILES string of the molecule is C[C@H](NCc1ccc(CO)o1)c1ccc(Cl)c(Cl)c1. The van der Waals surface area contributed by atoms with Crippen LogP contribution in [0.1, 0.15) is 30.0 Å². The lowest BCUT2D eigenvalue weighted by atomic mass is 10.1. The van der Waals surface area contributed by atoms with Crippen LogP contribution in [0.15, 0.2) is 34.7 Å². The lowest BCUT2D eigenvalue weighted by Gasteiger charge is -2.14. The molecule has 0 bridgehead atoms. The van der Waals surface area contributed by atoms with E-state index in [9.17, 15) is 0 Å². The molecule has 0 amide bonds. The summed E-state index contributed by atoms with van der Waals surface area (Å²) in [6, 6.07) is 9.31. The highest BCUT2D eigenvalue weighted by molar-refractivity contribution is 6.42. The van der Waals surface area contributed by atoms with Gasteiger partial charge in [0.25, 0.3) is 0 Å². The topological polar surface area (TPSA) is 45.4 Å². The zero-order valence-electron chi connectivity index (χ0n) is 10.5. The standard InChI is InChI=1S/C14H15Cl2NO2/c1-9(10-2-5-13(15)14(16)6-10)17-7-11-3-4-12(8-18)19-11/h2-6,9,17-18H,7-8H2,1H3/t9-/m0/s1. The van der Waals surface area contributed by atoms with Crippen LogP contribution in [-0.2, 0) is 13.2 Å². The number of furan rings is 1. The van der Waals surface area contributed by atoms with Crippen LogP contribution in [0.4, 0.5) is 0 Å². The summed E-state index contributed by atoms with van der Waals surface area (Å²) in [6.45, 7) is 2.54. The summed E-state index contributed by atoms with van der Waals surface area (Å²) in [5.74, 6) is 1.36. The van der Waals surface area contributed by atoms with Crippen LogP contribution in [0.2, 0.25) is 10.0 Å². The molecular weight excluding hydrogens is 285 g/mol. The molecule has 3 nitrogen and oxygen atoms in total. The minimum Gasteiger partial charge on any atom is -0.462 e. The van der Waals surface area contributed by atoms with Crippen molar-refractivity contribution in [2.75, 3.05) is 0 Å². The van der Waals surface area contributed by atoms with Gasteiger partial charge >= 0.3 is 0 Å². The second-order valence-electron chi connectivity index (χ2n) is 4.30. The Bertz CT molecular complexity index is 554. The minimum absolute atomic E-state index is 0.0810. The molecule has 19 heavy (non-hydrogen) atoms. The number of aliphatic hydroxyl groups excluding tert-OH is 1. The molecule has 1 aromatic heterocycles. The number of hydrogen-bond donors (Lipinski definition) is 2. The fourth-order valence-corrected chi connectivity index (χ4v) is 2.06. The lowest BCUT2D eigenvalue weighted by molar-refractivity contribution is 0.242. The van der Waals surface area contributed by atoms with Crippen molar-refractivity contribution in [1.82, 2.24) is 5.32 Å². The molecule has 2 N–H and O–H groups in total. The average Bonchev–Trinajstić information content (AvgIpc) is 2.87. The Balaban J connectivity index is 1.96. The highest BCUT2D eigenvalue weighted by atomic mass is 35.5. The van der Waals surface area contributed by atoms with Gasteiger partial charge in [-0.05, 0) is 36.8 Å². The number of benzene rings is 1. The Labute approximate surface area is 122 Å². The molecule has 2 aromatic rings. The zero-order chi connectivity index (χ0) is 13.8. The van der Waals surface area contributed by atoms with Crippen LogP contribution >= 0.6 is 23.2 Å². The molecule has 0 aliphatic carbocycles. The summed E-state index contributed by atoms with van der Waals surface area (Å²) in [4.78, 5) is 0. The van der Waals surface area contributed by atoms with E-state index in [1.165, 1.54) is 0 Å². The molecule has 0 radical (unpaired) electrons. The fourth-order valence-electron chi connectivity index (χ4n) is 1.76. The third-order valence-electron chi connectivity index (χ3n) is 2.90. The van der Waals surface area contributed by atoms with Gasteiger partial charge in [-0.2, -0.15) is 0 Å². The Morgan fingerprint density at radius 3 is 2.53 bits per heavy atom. The molecule has 0 saturated carbocycles. The van der Waals surface area contributed by atoms with E-state index in [1.54, 1.807) is 12.1 Å². The zero-order valence-corrected chi connectivity index (χ0v) is 12.0. The monoisotopic (exact) mass is 299 g/mol. The van der Waals surface area contributed by atoms with Crippen molar-refractivity contribution >= 4 is 23.2 Å². The van der Waals surface area contributed by atoms with Crippen LogP contribution < -0.4 is 5.32 Å². The number of halogens is 2. The molecule has 0 spiro atoms. The highest BCUT2D eigenvalue weighted by Crippen LogP contribution is 2.25. The molecular formula is C14H15Cl2NO2. The third-order valence-corrected chi connectivity index (χ3v) is 3.64. The van der Waals surface area contributed by atoms with Gasteiger partial charge in [-0.3, -0.25) is 0 Å². The van der Waals surface area contributed by atoms with Gasteiger partial charge in [-0.1, -0.05) is 29.3 Å². The smallest absolute Gasteiger partial charge is 0.129 e. The summed E-state index contributed by atoms with van der Waals surface area (Å²) in [7, 11) is 0. The van der Waals surface area contributed by atoms with Crippen molar-refractivity contribution in [2.24, 2.45) is 0 Å². The van der Waals surface area contributed by atoms with Crippen LogP contribution in [0.5, 0.6) is 0 Å². The van der Waals surface area contributed by atoms with Gasteiger partial charge in [-0.15, -0.1) is 0 Å². The number of rotatable bonds is 5. The van der Waals surface area contributed by atoms with Crippen molar-refractivity contribution in [1.29, 1.82) is 0 Å². The van der Waals surface area contributed by atoms with Gasteiger partial charge in [0, 0.05) is 6.04 Å². The second kappa shape index (κ2) is 6.44. The van der Waals surface area contributed by atoms with Crippen LogP contribution in [0, 0.1) is 0 Å². The van der Waals surface area contributed by atoms with Gasteiger partial charge < -0.3 is 14.8 Å². The summed E-state index contributed by atoms with van der Waals surface area (Å²) in [5, 5.41) is 13.3. The highest BCUT2D eigenvalue weighted by Gasteiger charge is 2.08. The molecule has 2 rings (SSSR count). The first-order valence-corrected chi connectivity index (χ1v) is 6.72. The molecule has 102 valence electrons. The first-order chi connectivity index (χ1) is 9.10. The van der Waals surface area contributed by atoms with E-state index >= 15 is 0 Å². The summed E-state index contributed by atoms with van der Waals surface area (Å²) in [6.07, 6.45) is 0. The van der Waals surface area contributed by atoms with E-state index < -0.39 is 0 Å². The van der Waals surface area contributed by atoms with E-state index in [0.29, 0.717) is 22.4 Å². The van der Waals surface area contributed by atoms with E-state index in [4.69, 9.17) is 32.7 Å². The Morgan fingerprint density at radius 2 is 1.89 bits per heavy atom. The average molecular weight is 300 g/mol. The van der Waals surface area contributed by atoms with E-state index in [1.807, 2.05) is 25.1 Å².